The molecular formula is C13H16O3. The summed E-state index contributed by atoms with van der Waals surface area (Å²) in [5.74, 6) is -0.272. The average Bonchev–Trinajstić information content (AvgIpc) is 3.06. The Bertz CT molecular complexity index is 347. The van der Waals surface area contributed by atoms with Gasteiger partial charge in [-0.15, -0.1) is 0 Å². The van der Waals surface area contributed by atoms with Crippen molar-refractivity contribution in [1.29, 1.82) is 0 Å². The number of ether oxygens (including phenoxy) is 2. The Kier molecular flexibility index (Phi) is 3.57. The zero-order chi connectivity index (χ0) is 11.4. The second-order valence-electron chi connectivity index (χ2n) is 3.97. The molecule has 2 unspecified atom stereocenters. The Morgan fingerprint density at radius 2 is 2.06 bits per heavy atom. The lowest BCUT2D eigenvalue weighted by molar-refractivity contribution is 0.0476. The molecule has 0 bridgehead atoms. The average molecular weight is 220 g/mol. The largest absolute Gasteiger partial charge is 0.459 e. The van der Waals surface area contributed by atoms with Crippen molar-refractivity contribution >= 4 is 5.97 Å². The predicted molar refractivity (Wildman–Crippen MR) is 60.3 cm³/mol. The lowest BCUT2D eigenvalue weighted by Crippen LogP contribution is -2.11. The molecule has 0 aromatic heterocycles. The maximum atomic E-state index is 11.6. The van der Waals surface area contributed by atoms with Crippen LogP contribution < -0.4 is 0 Å². The molecule has 16 heavy (non-hydrogen) atoms. The summed E-state index contributed by atoms with van der Waals surface area (Å²) in [5, 5.41) is 0. The summed E-state index contributed by atoms with van der Waals surface area (Å²) in [6, 6.07) is 9.02. The van der Waals surface area contributed by atoms with E-state index in [-0.39, 0.29) is 12.1 Å². The molecule has 2 atom stereocenters. The number of carbonyl (C=O) groups is 1. The third kappa shape index (κ3) is 2.83. The number of esters is 1. The minimum Gasteiger partial charge on any atom is -0.459 e. The molecule has 1 saturated heterocycles. The summed E-state index contributed by atoms with van der Waals surface area (Å²) in [6.07, 6.45) is 2.57. The number of hydrogen-bond donors (Lipinski definition) is 0. The summed E-state index contributed by atoms with van der Waals surface area (Å²) >= 11 is 0. The van der Waals surface area contributed by atoms with E-state index < -0.39 is 0 Å². The minimum absolute atomic E-state index is 0.118. The van der Waals surface area contributed by atoms with Crippen LogP contribution in [-0.2, 0) is 9.47 Å². The molecule has 1 aliphatic rings. The van der Waals surface area contributed by atoms with Crippen LogP contribution in [0.2, 0.25) is 0 Å². The van der Waals surface area contributed by atoms with Gasteiger partial charge < -0.3 is 9.47 Å². The van der Waals surface area contributed by atoms with Crippen LogP contribution >= 0.6 is 0 Å². The fraction of sp³-hybridized carbons (Fsp3) is 0.462. The van der Waals surface area contributed by atoms with E-state index in [9.17, 15) is 4.79 Å². The third-order valence-corrected chi connectivity index (χ3v) is 2.65. The van der Waals surface area contributed by atoms with Crippen LogP contribution in [0, 0.1) is 0 Å². The Morgan fingerprint density at radius 3 is 2.75 bits per heavy atom. The van der Waals surface area contributed by atoms with Crippen LogP contribution in [0.1, 0.15) is 30.1 Å². The Balaban J connectivity index is 1.73. The highest BCUT2D eigenvalue weighted by atomic mass is 16.6. The normalized spacial score (nSPS) is 22.8. The van der Waals surface area contributed by atoms with Gasteiger partial charge in [0.25, 0.3) is 0 Å². The molecule has 3 nitrogen and oxygen atoms in total. The topological polar surface area (TPSA) is 38.8 Å². The lowest BCUT2D eigenvalue weighted by atomic mass is 10.2. The van der Waals surface area contributed by atoms with Crippen molar-refractivity contribution < 1.29 is 14.3 Å². The first-order valence-corrected chi connectivity index (χ1v) is 5.69. The van der Waals surface area contributed by atoms with E-state index in [1.165, 1.54) is 0 Å². The van der Waals surface area contributed by atoms with Gasteiger partial charge in [-0.3, -0.25) is 0 Å². The summed E-state index contributed by atoms with van der Waals surface area (Å²) in [5.41, 5.74) is 0.593. The number of hydrogen-bond acceptors (Lipinski definition) is 3. The number of carbonyl (C=O) groups excluding carboxylic acids is 1. The standard InChI is InChI=1S/C13H16O3/c1-2-6-11-12(16-11)9-15-13(14)10-7-4-3-5-8-10/h3-5,7-8,11-12H,2,6,9H2,1H3. The van der Waals surface area contributed by atoms with E-state index >= 15 is 0 Å². The highest BCUT2D eigenvalue weighted by Crippen LogP contribution is 2.26. The smallest absolute Gasteiger partial charge is 0.338 e. The molecule has 1 aromatic carbocycles. The van der Waals surface area contributed by atoms with Gasteiger partial charge in [0.05, 0.1) is 11.7 Å². The molecule has 0 N–H and O–H groups in total. The first-order valence-electron chi connectivity index (χ1n) is 5.69. The quantitative estimate of drug-likeness (QED) is 0.565. The van der Waals surface area contributed by atoms with Crippen molar-refractivity contribution in [3.05, 3.63) is 35.9 Å². The van der Waals surface area contributed by atoms with Crippen LogP contribution in [0.4, 0.5) is 0 Å². The van der Waals surface area contributed by atoms with Gasteiger partial charge in [-0.05, 0) is 18.6 Å². The Morgan fingerprint density at radius 1 is 1.31 bits per heavy atom. The Labute approximate surface area is 95.4 Å². The van der Waals surface area contributed by atoms with E-state index in [4.69, 9.17) is 9.47 Å². The van der Waals surface area contributed by atoms with E-state index in [1.807, 2.05) is 18.2 Å². The first-order chi connectivity index (χ1) is 7.81. The molecule has 0 saturated carbocycles. The second kappa shape index (κ2) is 5.12. The van der Waals surface area contributed by atoms with Crippen molar-refractivity contribution in [3.63, 3.8) is 0 Å². The van der Waals surface area contributed by atoms with Crippen molar-refractivity contribution in [3.8, 4) is 0 Å². The molecule has 1 aromatic rings. The van der Waals surface area contributed by atoms with E-state index in [1.54, 1.807) is 12.1 Å². The van der Waals surface area contributed by atoms with E-state index in [0.29, 0.717) is 18.3 Å². The molecule has 86 valence electrons. The van der Waals surface area contributed by atoms with E-state index in [0.717, 1.165) is 12.8 Å². The van der Waals surface area contributed by atoms with Crippen LogP contribution in [0.25, 0.3) is 0 Å². The summed E-state index contributed by atoms with van der Waals surface area (Å²) in [4.78, 5) is 11.6. The van der Waals surface area contributed by atoms with Gasteiger partial charge in [-0.25, -0.2) is 4.79 Å². The molecule has 0 amide bonds. The highest BCUT2D eigenvalue weighted by Gasteiger charge is 2.38. The van der Waals surface area contributed by atoms with Crippen LogP contribution in [-0.4, -0.2) is 24.8 Å². The summed E-state index contributed by atoms with van der Waals surface area (Å²) in [6.45, 7) is 2.49. The number of epoxide rings is 1. The number of benzene rings is 1. The van der Waals surface area contributed by atoms with Gasteiger partial charge in [-0.2, -0.15) is 0 Å². The molecule has 1 heterocycles. The van der Waals surface area contributed by atoms with Gasteiger partial charge in [0.15, 0.2) is 0 Å². The van der Waals surface area contributed by atoms with Gasteiger partial charge in [0.2, 0.25) is 0 Å². The zero-order valence-corrected chi connectivity index (χ0v) is 9.39. The van der Waals surface area contributed by atoms with Gasteiger partial charge in [0, 0.05) is 0 Å². The molecule has 1 aliphatic heterocycles. The Hall–Kier alpha value is -1.35. The van der Waals surface area contributed by atoms with Gasteiger partial charge in [0.1, 0.15) is 12.7 Å². The van der Waals surface area contributed by atoms with E-state index in [2.05, 4.69) is 6.92 Å². The molecule has 0 spiro atoms. The zero-order valence-electron chi connectivity index (χ0n) is 9.39. The molecule has 2 rings (SSSR count). The predicted octanol–water partition coefficient (Wildman–Crippen LogP) is 2.41. The van der Waals surface area contributed by atoms with Crippen molar-refractivity contribution in [2.45, 2.75) is 32.0 Å². The fourth-order valence-electron chi connectivity index (χ4n) is 1.68. The van der Waals surface area contributed by atoms with Crippen molar-refractivity contribution in [2.24, 2.45) is 0 Å². The second-order valence-corrected chi connectivity index (χ2v) is 3.97. The van der Waals surface area contributed by atoms with Crippen molar-refractivity contribution in [1.82, 2.24) is 0 Å². The van der Waals surface area contributed by atoms with Crippen LogP contribution in [0.5, 0.6) is 0 Å². The third-order valence-electron chi connectivity index (χ3n) is 2.65. The maximum Gasteiger partial charge on any atom is 0.338 e. The maximum absolute atomic E-state index is 11.6. The molecular weight excluding hydrogens is 204 g/mol. The van der Waals surface area contributed by atoms with Gasteiger partial charge in [-0.1, -0.05) is 31.5 Å². The van der Waals surface area contributed by atoms with Crippen molar-refractivity contribution in [2.75, 3.05) is 6.61 Å². The summed E-state index contributed by atoms with van der Waals surface area (Å²) in [7, 11) is 0. The summed E-state index contributed by atoms with van der Waals surface area (Å²) < 4.78 is 10.5. The van der Waals surface area contributed by atoms with Crippen LogP contribution in [0.3, 0.4) is 0 Å². The van der Waals surface area contributed by atoms with Gasteiger partial charge >= 0.3 is 5.97 Å². The monoisotopic (exact) mass is 220 g/mol. The first kappa shape index (κ1) is 11.1. The fourth-order valence-corrected chi connectivity index (χ4v) is 1.68. The van der Waals surface area contributed by atoms with Crippen LogP contribution in [0.15, 0.2) is 30.3 Å². The number of rotatable bonds is 5. The minimum atomic E-state index is -0.272. The lowest BCUT2D eigenvalue weighted by Gasteiger charge is -2.02. The molecule has 3 heteroatoms. The molecule has 0 radical (unpaired) electrons. The molecule has 1 fully saturated rings. The molecule has 0 aliphatic carbocycles. The SMILES string of the molecule is CCCC1OC1COC(=O)c1ccccc1. The highest BCUT2D eigenvalue weighted by molar-refractivity contribution is 5.89.